The molecule has 1 N–H and O–H groups in total. The van der Waals surface area contributed by atoms with Crippen molar-refractivity contribution >= 4 is 22.8 Å². The van der Waals surface area contributed by atoms with Gasteiger partial charge in [-0.2, -0.15) is 0 Å². The molecule has 0 fully saturated rings. The number of rotatable bonds is 6. The lowest BCUT2D eigenvalue weighted by atomic mass is 10.0. The van der Waals surface area contributed by atoms with Crippen molar-refractivity contribution in [3.63, 3.8) is 0 Å². The van der Waals surface area contributed by atoms with Gasteiger partial charge in [-0.3, -0.25) is 4.79 Å². The number of carbonyl (C=O) groups excluding carboxylic acids is 1. The van der Waals surface area contributed by atoms with Crippen LogP contribution in [0.5, 0.6) is 17.2 Å². The monoisotopic (exact) mass is 366 g/mol. The zero-order valence-electron chi connectivity index (χ0n) is 15.8. The van der Waals surface area contributed by atoms with Crippen LogP contribution in [0.3, 0.4) is 0 Å². The quantitative estimate of drug-likeness (QED) is 0.481. The highest BCUT2D eigenvalue weighted by molar-refractivity contribution is 6.15. The fourth-order valence-corrected chi connectivity index (χ4v) is 3.00. The van der Waals surface area contributed by atoms with Gasteiger partial charge in [-0.25, -0.2) is 0 Å². The maximum Gasteiger partial charge on any atom is 0.205 e. The Hall–Kier alpha value is -3.21. The molecule has 0 saturated heterocycles. The van der Waals surface area contributed by atoms with E-state index in [1.807, 2.05) is 24.3 Å². The van der Waals surface area contributed by atoms with Crippen LogP contribution in [0.1, 0.15) is 41.3 Å². The Balaban J connectivity index is 2.01. The minimum atomic E-state index is -0.390. The number of ether oxygens (including phenoxy) is 2. The van der Waals surface area contributed by atoms with Crippen molar-refractivity contribution in [2.45, 2.75) is 19.8 Å². The zero-order chi connectivity index (χ0) is 19.6. The van der Waals surface area contributed by atoms with Gasteiger partial charge in [-0.15, -0.1) is 0 Å². The molecule has 0 bridgehead atoms. The summed E-state index contributed by atoms with van der Waals surface area (Å²) in [6.45, 7) is 4.26. The largest absolute Gasteiger partial charge is 0.504 e. The number of benzene rings is 2. The van der Waals surface area contributed by atoms with Crippen molar-refractivity contribution in [2.75, 3.05) is 14.2 Å². The molecule has 0 saturated carbocycles. The Morgan fingerprint density at radius 1 is 1.07 bits per heavy atom. The van der Waals surface area contributed by atoms with E-state index in [2.05, 4.69) is 13.8 Å². The number of aromatic hydroxyl groups is 1. The van der Waals surface area contributed by atoms with Crippen molar-refractivity contribution in [1.82, 2.24) is 0 Å². The van der Waals surface area contributed by atoms with E-state index < -0.39 is 5.78 Å². The van der Waals surface area contributed by atoms with Crippen molar-refractivity contribution < 1.29 is 23.8 Å². The van der Waals surface area contributed by atoms with E-state index in [1.54, 1.807) is 12.1 Å². The lowest BCUT2D eigenvalue weighted by molar-refractivity contribution is 0.104. The molecule has 2 aromatic carbocycles. The number of phenolic OH excluding ortho intramolecular Hbond substituents is 1. The molecule has 0 amide bonds. The fraction of sp³-hybridized carbons (Fsp3) is 0.227. The van der Waals surface area contributed by atoms with Crippen molar-refractivity contribution in [3.8, 4) is 17.2 Å². The molecule has 1 aromatic heterocycles. The molecule has 0 spiro atoms. The molecule has 0 aliphatic heterocycles. The number of ketones is 1. The number of carbonyl (C=O) groups is 1. The van der Waals surface area contributed by atoms with Crippen LogP contribution in [-0.4, -0.2) is 25.1 Å². The number of fused-ring (bicyclic) bond motifs is 1. The minimum absolute atomic E-state index is 0.0401. The predicted molar refractivity (Wildman–Crippen MR) is 105 cm³/mol. The Kier molecular flexibility index (Phi) is 5.21. The summed E-state index contributed by atoms with van der Waals surface area (Å²) in [5.74, 6) is 0.107. The highest BCUT2D eigenvalue weighted by Crippen LogP contribution is 2.45. The minimum Gasteiger partial charge on any atom is -0.504 e. The number of hydrogen-bond donors (Lipinski definition) is 1. The average Bonchev–Trinajstić information content (AvgIpc) is 3.14. The topological polar surface area (TPSA) is 68.9 Å². The van der Waals surface area contributed by atoms with Crippen LogP contribution in [0, 0.1) is 0 Å². The van der Waals surface area contributed by atoms with Crippen LogP contribution in [-0.2, 0) is 0 Å². The first-order chi connectivity index (χ1) is 13.0. The van der Waals surface area contributed by atoms with Gasteiger partial charge >= 0.3 is 0 Å². The first-order valence-corrected chi connectivity index (χ1v) is 8.64. The van der Waals surface area contributed by atoms with Crippen LogP contribution in [0.15, 0.2) is 47.1 Å². The summed E-state index contributed by atoms with van der Waals surface area (Å²) >= 11 is 0. The average molecular weight is 366 g/mol. The number of furan rings is 1. The number of hydrogen-bond acceptors (Lipinski definition) is 5. The van der Waals surface area contributed by atoms with Crippen LogP contribution in [0.2, 0.25) is 0 Å². The van der Waals surface area contributed by atoms with E-state index in [0.717, 1.165) is 5.56 Å². The number of methoxy groups -OCH3 is 2. The van der Waals surface area contributed by atoms with Gasteiger partial charge in [0.15, 0.2) is 17.1 Å². The molecule has 5 nitrogen and oxygen atoms in total. The van der Waals surface area contributed by atoms with Gasteiger partial charge in [-0.05, 0) is 29.2 Å². The molecule has 1 heterocycles. The van der Waals surface area contributed by atoms with Crippen LogP contribution in [0.25, 0.3) is 17.0 Å². The summed E-state index contributed by atoms with van der Waals surface area (Å²) in [5, 5.41) is 11.1. The summed E-state index contributed by atoms with van der Waals surface area (Å²) in [6.07, 6.45) is 4.57. The lowest BCUT2D eigenvalue weighted by Gasteiger charge is -2.13. The maximum absolute atomic E-state index is 12.8. The molecule has 5 heteroatoms. The Morgan fingerprint density at radius 3 is 2.33 bits per heavy atom. The third-order valence-corrected chi connectivity index (χ3v) is 4.48. The van der Waals surface area contributed by atoms with E-state index in [-0.39, 0.29) is 22.8 Å². The van der Waals surface area contributed by atoms with Crippen LogP contribution in [0.4, 0.5) is 0 Å². The second kappa shape index (κ2) is 7.58. The number of phenols is 1. The van der Waals surface area contributed by atoms with Crippen molar-refractivity contribution in [3.05, 3.63) is 59.4 Å². The molecular formula is C22H22O5. The summed E-state index contributed by atoms with van der Waals surface area (Å²) in [4.78, 5) is 12.8. The second-order valence-corrected chi connectivity index (χ2v) is 6.47. The lowest BCUT2D eigenvalue weighted by Crippen LogP contribution is -2.02. The Labute approximate surface area is 157 Å². The molecule has 0 radical (unpaired) electrons. The van der Waals surface area contributed by atoms with Crippen LogP contribution < -0.4 is 9.47 Å². The predicted octanol–water partition coefficient (Wildman–Crippen LogP) is 5.18. The van der Waals surface area contributed by atoms with E-state index in [4.69, 9.17) is 13.9 Å². The van der Waals surface area contributed by atoms with E-state index in [0.29, 0.717) is 16.9 Å². The zero-order valence-corrected chi connectivity index (χ0v) is 15.8. The van der Waals surface area contributed by atoms with Crippen LogP contribution >= 0.6 is 0 Å². The molecule has 3 aromatic rings. The Morgan fingerprint density at radius 2 is 1.74 bits per heavy atom. The van der Waals surface area contributed by atoms with E-state index in [1.165, 1.54) is 32.1 Å². The molecule has 0 aliphatic carbocycles. The normalized spacial score (nSPS) is 11.4. The highest BCUT2D eigenvalue weighted by Gasteiger charge is 2.26. The smallest absolute Gasteiger partial charge is 0.205 e. The van der Waals surface area contributed by atoms with Gasteiger partial charge in [0.2, 0.25) is 5.75 Å². The number of allylic oxidation sites excluding steroid dienone is 1. The molecular weight excluding hydrogens is 344 g/mol. The van der Waals surface area contributed by atoms with Crippen molar-refractivity contribution in [2.24, 2.45) is 0 Å². The third kappa shape index (κ3) is 3.40. The van der Waals surface area contributed by atoms with Crippen molar-refractivity contribution in [1.29, 1.82) is 0 Å². The van der Waals surface area contributed by atoms with Gasteiger partial charge in [-0.1, -0.05) is 44.2 Å². The second-order valence-electron chi connectivity index (χ2n) is 6.47. The summed E-state index contributed by atoms with van der Waals surface area (Å²) in [5.41, 5.74) is 2.49. The molecule has 3 rings (SSSR count). The van der Waals surface area contributed by atoms with Gasteiger partial charge in [0, 0.05) is 0 Å². The standard InChI is InChI=1S/C22H22O5/c1-13(2)15-8-5-14(6-9-15)7-10-17(23)18-19(24)22(26-4)21-16(11-12-27-21)20(18)25-3/h5-13,24H,1-4H3/b10-7+. The SMILES string of the molecule is COc1c(C(=O)/C=C/c2ccc(C(C)C)cc2)c(O)c(OC)c2occc12. The fourth-order valence-electron chi connectivity index (χ4n) is 3.00. The van der Waals surface area contributed by atoms with Gasteiger partial charge in [0.05, 0.1) is 25.9 Å². The molecule has 27 heavy (non-hydrogen) atoms. The van der Waals surface area contributed by atoms with E-state index in [9.17, 15) is 9.90 Å². The molecule has 140 valence electrons. The van der Waals surface area contributed by atoms with Gasteiger partial charge < -0.3 is 19.0 Å². The first kappa shape index (κ1) is 18.6. The van der Waals surface area contributed by atoms with Gasteiger partial charge in [0.1, 0.15) is 11.3 Å². The van der Waals surface area contributed by atoms with Gasteiger partial charge in [0.25, 0.3) is 0 Å². The third-order valence-electron chi connectivity index (χ3n) is 4.48. The van der Waals surface area contributed by atoms with E-state index >= 15 is 0 Å². The maximum atomic E-state index is 12.8. The molecule has 0 atom stereocenters. The molecule has 0 unspecified atom stereocenters. The summed E-state index contributed by atoms with van der Waals surface area (Å²) in [6, 6.07) is 9.65. The summed E-state index contributed by atoms with van der Waals surface area (Å²) < 4.78 is 16.0. The summed E-state index contributed by atoms with van der Waals surface area (Å²) in [7, 11) is 2.85. The molecule has 0 aliphatic rings. The highest BCUT2D eigenvalue weighted by atomic mass is 16.5. The Bertz CT molecular complexity index is 994. The first-order valence-electron chi connectivity index (χ1n) is 8.64.